The summed E-state index contributed by atoms with van der Waals surface area (Å²) in [6.45, 7) is 4.03. The SMILES string of the molecule is O=C1NCC(=O)N2CCN(CC2)CCn2cc3c(cccc3n2)-c2cccc(c2)O[C@H]2C[C@@H]1N(C(=O)c1cnn(-c3ccc(F)cc3Cl)c1)C2. The molecule has 0 saturated carbocycles. The van der Waals surface area contributed by atoms with Crippen LogP contribution in [-0.2, 0) is 16.1 Å². The predicted octanol–water partition coefficient (Wildman–Crippen LogP) is 3.62. The normalized spacial score (nSPS) is 21.3. The second-order valence-electron chi connectivity index (χ2n) is 12.8. The average Bonchev–Trinajstić information content (AvgIpc) is 3.88. The molecule has 3 amide bonds. The minimum atomic E-state index is -0.896. The first-order valence-electron chi connectivity index (χ1n) is 16.6. The van der Waals surface area contributed by atoms with Crippen LogP contribution in [0.25, 0.3) is 27.7 Å². The average molecular weight is 697 g/mol. The standard InChI is InChI=1S/C36H34ClFN8O4/c37-30-16-25(38)7-8-32(30)46-20-24(18-40-46)36(49)45-21-27-17-33(45)35(48)39-19-34(47)43-12-9-42(10-13-43)11-14-44-22-29-28(5-2-6-31(29)41-44)23-3-1-4-26(15-23)50-27/h1-8,15-16,18,20,22,27,33H,9-14,17,19,21H2,(H,39,48)/t27-,33-/m0/s1. The number of nitrogens with one attached hydrogen (secondary N) is 1. The van der Waals surface area contributed by atoms with Crippen LogP contribution >= 0.6 is 11.6 Å². The van der Waals surface area contributed by atoms with Gasteiger partial charge in [0.2, 0.25) is 11.8 Å². The molecule has 5 aromatic rings. The molecule has 1 N–H and O–H groups in total. The van der Waals surface area contributed by atoms with E-state index >= 15 is 0 Å². The van der Waals surface area contributed by atoms with E-state index in [2.05, 4.69) is 27.6 Å². The number of halogens is 2. The summed E-state index contributed by atoms with van der Waals surface area (Å²) in [6, 6.07) is 16.8. The molecular formula is C36H34ClFN8O4. The summed E-state index contributed by atoms with van der Waals surface area (Å²) >= 11 is 6.24. The van der Waals surface area contributed by atoms with Crippen molar-refractivity contribution in [1.82, 2.24) is 39.6 Å². The Hall–Kier alpha value is -5.27. The fourth-order valence-corrected chi connectivity index (χ4v) is 7.25. The van der Waals surface area contributed by atoms with Gasteiger partial charge in [0.05, 0.1) is 47.6 Å². The Morgan fingerprint density at radius 2 is 1.78 bits per heavy atom. The fraction of sp³-hybridized carbons (Fsp3) is 0.306. The number of benzene rings is 3. The van der Waals surface area contributed by atoms with E-state index in [1.807, 2.05) is 41.1 Å². The number of fused-ring (bicyclic) bond motifs is 6. The first kappa shape index (κ1) is 32.0. The zero-order valence-electron chi connectivity index (χ0n) is 27.0. The van der Waals surface area contributed by atoms with Crippen molar-refractivity contribution in [2.24, 2.45) is 0 Å². The predicted molar refractivity (Wildman–Crippen MR) is 184 cm³/mol. The lowest BCUT2D eigenvalue weighted by Gasteiger charge is -2.34. The van der Waals surface area contributed by atoms with E-state index in [-0.39, 0.29) is 36.0 Å². The lowest BCUT2D eigenvalue weighted by atomic mass is 10.0. The second kappa shape index (κ2) is 13.2. The Kier molecular flexibility index (Phi) is 8.45. The van der Waals surface area contributed by atoms with Crippen LogP contribution in [0.15, 0.2) is 79.3 Å². The molecule has 0 unspecified atom stereocenters. The number of carbonyl (C=O) groups excluding carboxylic acids is 3. The molecule has 14 heteroatoms. The molecule has 0 radical (unpaired) electrons. The summed E-state index contributed by atoms with van der Waals surface area (Å²) in [7, 11) is 0. The smallest absolute Gasteiger partial charge is 0.257 e. The molecule has 6 heterocycles. The molecule has 256 valence electrons. The van der Waals surface area contributed by atoms with Gasteiger partial charge in [-0.05, 0) is 47.5 Å². The zero-order chi connectivity index (χ0) is 34.4. The molecule has 2 fully saturated rings. The highest BCUT2D eigenvalue weighted by Gasteiger charge is 2.42. The molecule has 9 rings (SSSR count). The maximum absolute atomic E-state index is 14.0. The van der Waals surface area contributed by atoms with Gasteiger partial charge < -0.3 is 19.9 Å². The van der Waals surface area contributed by atoms with Crippen LogP contribution in [0, 0.1) is 5.82 Å². The van der Waals surface area contributed by atoms with E-state index in [1.54, 1.807) is 4.90 Å². The summed E-state index contributed by atoms with van der Waals surface area (Å²) in [4.78, 5) is 46.4. The summed E-state index contributed by atoms with van der Waals surface area (Å²) in [6.07, 6.45) is 4.66. The maximum atomic E-state index is 14.0. The minimum Gasteiger partial charge on any atom is -0.488 e. The highest BCUT2D eigenvalue weighted by atomic mass is 35.5. The van der Waals surface area contributed by atoms with Crippen molar-refractivity contribution < 1.29 is 23.5 Å². The molecule has 12 nitrogen and oxygen atoms in total. The van der Waals surface area contributed by atoms with Gasteiger partial charge in [-0.15, -0.1) is 0 Å². The molecular weight excluding hydrogens is 663 g/mol. The topological polar surface area (TPSA) is 118 Å². The van der Waals surface area contributed by atoms with E-state index < -0.39 is 29.8 Å². The van der Waals surface area contributed by atoms with Crippen LogP contribution in [0.2, 0.25) is 5.02 Å². The molecule has 0 aliphatic carbocycles. The van der Waals surface area contributed by atoms with E-state index in [4.69, 9.17) is 21.4 Å². The van der Waals surface area contributed by atoms with Gasteiger partial charge in [0.25, 0.3) is 5.91 Å². The van der Waals surface area contributed by atoms with Crippen LogP contribution in [0.3, 0.4) is 0 Å². The van der Waals surface area contributed by atoms with Gasteiger partial charge in [0, 0.05) is 56.9 Å². The lowest BCUT2D eigenvalue weighted by Crippen LogP contribution is -2.53. The van der Waals surface area contributed by atoms with Crippen LogP contribution in [0.1, 0.15) is 16.8 Å². The lowest BCUT2D eigenvalue weighted by molar-refractivity contribution is -0.135. The summed E-state index contributed by atoms with van der Waals surface area (Å²) < 4.78 is 23.5. The van der Waals surface area contributed by atoms with Crippen molar-refractivity contribution >= 4 is 40.2 Å². The Morgan fingerprint density at radius 3 is 2.62 bits per heavy atom. The third-order valence-electron chi connectivity index (χ3n) is 9.64. The minimum absolute atomic E-state index is 0.127. The molecule has 2 atom stereocenters. The van der Waals surface area contributed by atoms with E-state index in [9.17, 15) is 18.8 Å². The fourth-order valence-electron chi connectivity index (χ4n) is 7.00. The molecule has 2 aromatic heterocycles. The van der Waals surface area contributed by atoms with Gasteiger partial charge in [-0.2, -0.15) is 10.2 Å². The molecule has 50 heavy (non-hydrogen) atoms. The number of carbonyl (C=O) groups is 3. The van der Waals surface area contributed by atoms with E-state index in [1.165, 1.54) is 40.2 Å². The Morgan fingerprint density at radius 1 is 0.960 bits per heavy atom. The van der Waals surface area contributed by atoms with Gasteiger partial charge in [0.15, 0.2) is 0 Å². The largest absolute Gasteiger partial charge is 0.488 e. The van der Waals surface area contributed by atoms with Crippen LogP contribution in [0.4, 0.5) is 4.39 Å². The number of amides is 3. The van der Waals surface area contributed by atoms with Crippen molar-refractivity contribution in [2.45, 2.75) is 25.1 Å². The van der Waals surface area contributed by atoms with Gasteiger partial charge >= 0.3 is 0 Å². The highest BCUT2D eigenvalue weighted by molar-refractivity contribution is 6.32. The summed E-state index contributed by atoms with van der Waals surface area (Å²) in [5, 5.41) is 13.1. The van der Waals surface area contributed by atoms with Crippen molar-refractivity contribution in [3.8, 4) is 22.6 Å². The number of hydrogen-bond acceptors (Lipinski definition) is 7. The third kappa shape index (κ3) is 6.29. The number of piperazine rings is 1. The zero-order valence-corrected chi connectivity index (χ0v) is 27.8. The highest BCUT2D eigenvalue weighted by Crippen LogP contribution is 2.32. The number of rotatable bonds is 2. The molecule has 4 aliphatic heterocycles. The van der Waals surface area contributed by atoms with Crippen LogP contribution < -0.4 is 10.1 Å². The van der Waals surface area contributed by atoms with E-state index in [0.29, 0.717) is 24.5 Å². The molecule has 8 bridgehead atoms. The van der Waals surface area contributed by atoms with Gasteiger partial charge in [-0.25, -0.2) is 9.07 Å². The molecule has 4 aliphatic rings. The molecule has 3 aromatic carbocycles. The van der Waals surface area contributed by atoms with Crippen molar-refractivity contribution in [1.29, 1.82) is 0 Å². The second-order valence-corrected chi connectivity index (χ2v) is 13.2. The Bertz CT molecular complexity index is 2110. The summed E-state index contributed by atoms with van der Waals surface area (Å²) in [5.74, 6) is -0.939. The Balaban J connectivity index is 1.10. The van der Waals surface area contributed by atoms with Gasteiger partial charge in [-0.3, -0.25) is 24.0 Å². The first-order valence-corrected chi connectivity index (χ1v) is 17.0. The van der Waals surface area contributed by atoms with Crippen molar-refractivity contribution in [2.75, 3.05) is 45.8 Å². The molecule has 0 spiro atoms. The number of hydrogen-bond donors (Lipinski definition) is 1. The number of ether oxygens (including phenoxy) is 1. The van der Waals surface area contributed by atoms with Crippen LogP contribution in [0.5, 0.6) is 5.75 Å². The number of aromatic nitrogens is 4. The monoisotopic (exact) mass is 696 g/mol. The number of likely N-dealkylation sites (tertiary alicyclic amines) is 1. The van der Waals surface area contributed by atoms with E-state index in [0.717, 1.165) is 48.2 Å². The van der Waals surface area contributed by atoms with Crippen LogP contribution in [-0.4, -0.2) is 110 Å². The van der Waals surface area contributed by atoms with Gasteiger partial charge in [-0.1, -0.05) is 35.9 Å². The van der Waals surface area contributed by atoms with Crippen molar-refractivity contribution in [3.05, 3.63) is 95.7 Å². The quantitative estimate of drug-likeness (QED) is 0.300. The number of nitrogens with zero attached hydrogens (tertiary/aromatic N) is 7. The Labute approximate surface area is 291 Å². The van der Waals surface area contributed by atoms with Crippen molar-refractivity contribution in [3.63, 3.8) is 0 Å². The van der Waals surface area contributed by atoms with Gasteiger partial charge in [0.1, 0.15) is 23.7 Å². The molecule has 2 saturated heterocycles. The third-order valence-corrected chi connectivity index (χ3v) is 9.94. The first-order chi connectivity index (χ1) is 24.3. The maximum Gasteiger partial charge on any atom is 0.257 e. The summed E-state index contributed by atoms with van der Waals surface area (Å²) in [5.41, 5.74) is 3.50.